The van der Waals surface area contributed by atoms with Crippen LogP contribution in [0.25, 0.3) is 0 Å². The predicted molar refractivity (Wildman–Crippen MR) is 133 cm³/mol. The number of hydrogen-bond acceptors (Lipinski definition) is 6. The third-order valence-corrected chi connectivity index (χ3v) is 6.00. The van der Waals surface area contributed by atoms with Gasteiger partial charge in [-0.1, -0.05) is 6.07 Å². The van der Waals surface area contributed by atoms with Gasteiger partial charge in [-0.3, -0.25) is 20.4 Å². The van der Waals surface area contributed by atoms with Crippen LogP contribution >= 0.6 is 0 Å². The summed E-state index contributed by atoms with van der Waals surface area (Å²) in [4.78, 5) is 32.6. The maximum absolute atomic E-state index is 14.9. The van der Waals surface area contributed by atoms with E-state index in [0.717, 1.165) is 6.34 Å². The molecule has 1 aliphatic heterocycles. The van der Waals surface area contributed by atoms with Crippen LogP contribution in [-0.2, 0) is 13.1 Å². The number of fused-ring (bicyclic) bond motifs is 1. The van der Waals surface area contributed by atoms with Crippen LogP contribution < -0.4 is 5.32 Å². The second kappa shape index (κ2) is 10.6. The SMILES string of the molecule is CC(CO)N(C=N)C(=N)c1cccc(NC(=O)c2cc3c(cc2F)CN(C(=O)c2ccc(F)cc2)C3)n1. The molecule has 4 N–H and O–H groups in total. The molecule has 1 aromatic heterocycles. The number of amides is 2. The zero-order chi connectivity index (χ0) is 26.7. The van der Waals surface area contributed by atoms with E-state index in [0.29, 0.717) is 16.7 Å². The lowest BCUT2D eigenvalue weighted by Gasteiger charge is -2.25. The zero-order valence-electron chi connectivity index (χ0n) is 19.8. The highest BCUT2D eigenvalue weighted by Crippen LogP contribution is 2.27. The molecule has 0 saturated carbocycles. The molecule has 9 nitrogen and oxygen atoms in total. The highest BCUT2D eigenvalue weighted by atomic mass is 19.1. The number of amidine groups is 1. The molecule has 0 fully saturated rings. The minimum atomic E-state index is -0.761. The zero-order valence-corrected chi connectivity index (χ0v) is 19.8. The van der Waals surface area contributed by atoms with Gasteiger partial charge in [-0.2, -0.15) is 0 Å². The number of hydrogen-bond donors (Lipinski definition) is 4. The number of nitrogens with one attached hydrogen (secondary N) is 3. The smallest absolute Gasteiger partial charge is 0.259 e. The molecule has 0 radical (unpaired) electrons. The lowest BCUT2D eigenvalue weighted by Crippen LogP contribution is -2.39. The molecule has 190 valence electrons. The first-order valence-corrected chi connectivity index (χ1v) is 11.3. The monoisotopic (exact) mass is 506 g/mol. The van der Waals surface area contributed by atoms with Crippen LogP contribution in [0.5, 0.6) is 0 Å². The first-order chi connectivity index (χ1) is 17.7. The number of carbonyl (C=O) groups excluding carboxylic acids is 2. The summed E-state index contributed by atoms with van der Waals surface area (Å²) in [5.41, 5.74) is 1.41. The standard InChI is InChI=1S/C26H24F2N6O3/c1-15(13-35)34(14-29)24(30)22-3-2-4-23(31-22)32-25(36)20-9-17-11-33(12-18(17)10-21(20)28)26(37)16-5-7-19(27)8-6-16/h2-10,14-15,29-30,35H,11-13H2,1H3,(H,31,32,36). The van der Waals surface area contributed by atoms with Crippen LogP contribution in [0, 0.1) is 22.5 Å². The topological polar surface area (TPSA) is 133 Å². The van der Waals surface area contributed by atoms with E-state index in [-0.39, 0.29) is 48.5 Å². The summed E-state index contributed by atoms with van der Waals surface area (Å²) in [5, 5.41) is 27.7. The molecule has 11 heteroatoms. The van der Waals surface area contributed by atoms with Gasteiger partial charge in [0.1, 0.15) is 23.1 Å². The number of benzene rings is 2. The molecule has 0 spiro atoms. The highest BCUT2D eigenvalue weighted by Gasteiger charge is 2.27. The van der Waals surface area contributed by atoms with Gasteiger partial charge in [0.2, 0.25) is 0 Å². The van der Waals surface area contributed by atoms with Crippen LogP contribution in [0.2, 0.25) is 0 Å². The Morgan fingerprint density at radius 2 is 1.84 bits per heavy atom. The maximum atomic E-state index is 14.9. The lowest BCUT2D eigenvalue weighted by molar-refractivity contribution is 0.0751. The lowest BCUT2D eigenvalue weighted by atomic mass is 10.1. The minimum Gasteiger partial charge on any atom is -0.394 e. The van der Waals surface area contributed by atoms with Gasteiger partial charge < -0.3 is 20.2 Å². The molecular formula is C26H24F2N6O3. The van der Waals surface area contributed by atoms with E-state index in [1.165, 1.54) is 58.3 Å². The van der Waals surface area contributed by atoms with Crippen molar-refractivity contribution in [3.05, 3.63) is 94.2 Å². The number of pyridine rings is 1. The highest BCUT2D eigenvalue weighted by molar-refractivity contribution is 6.05. The van der Waals surface area contributed by atoms with E-state index in [1.807, 2.05) is 0 Å². The Hall–Kier alpha value is -4.51. The second-order valence-corrected chi connectivity index (χ2v) is 8.55. The summed E-state index contributed by atoms with van der Waals surface area (Å²) >= 11 is 0. The third kappa shape index (κ3) is 5.36. The van der Waals surface area contributed by atoms with E-state index in [1.54, 1.807) is 13.0 Å². The van der Waals surface area contributed by atoms with E-state index in [4.69, 9.17) is 10.8 Å². The summed E-state index contributed by atoms with van der Waals surface area (Å²) < 4.78 is 28.0. The fourth-order valence-electron chi connectivity index (χ4n) is 3.97. The van der Waals surface area contributed by atoms with Crippen molar-refractivity contribution in [2.24, 2.45) is 0 Å². The van der Waals surface area contributed by atoms with Gasteiger partial charge in [0, 0.05) is 18.7 Å². The number of aliphatic hydroxyl groups is 1. The Labute approximate surface area is 211 Å². The molecule has 2 aromatic carbocycles. The van der Waals surface area contributed by atoms with Gasteiger partial charge in [0.25, 0.3) is 11.8 Å². The normalized spacial score (nSPS) is 13.0. The van der Waals surface area contributed by atoms with E-state index < -0.39 is 23.6 Å². The summed E-state index contributed by atoms with van der Waals surface area (Å²) in [6.45, 7) is 1.68. The maximum Gasteiger partial charge on any atom is 0.259 e. The van der Waals surface area contributed by atoms with Crippen molar-refractivity contribution in [2.75, 3.05) is 11.9 Å². The van der Waals surface area contributed by atoms with Crippen LogP contribution in [0.3, 0.4) is 0 Å². The average Bonchev–Trinajstić information content (AvgIpc) is 3.31. The minimum absolute atomic E-state index is 0.0712. The van der Waals surface area contributed by atoms with Crippen LogP contribution in [0.1, 0.15) is 44.5 Å². The number of aromatic nitrogens is 1. The molecule has 1 unspecified atom stereocenters. The summed E-state index contributed by atoms with van der Waals surface area (Å²) in [6, 6.07) is 11.8. The summed E-state index contributed by atoms with van der Waals surface area (Å²) in [5.74, 6) is -2.39. The number of rotatable bonds is 7. The van der Waals surface area contributed by atoms with Crippen molar-refractivity contribution in [1.29, 1.82) is 10.8 Å². The molecule has 2 amide bonds. The molecule has 0 saturated heterocycles. The van der Waals surface area contributed by atoms with Gasteiger partial charge >= 0.3 is 0 Å². The van der Waals surface area contributed by atoms with Crippen molar-refractivity contribution in [2.45, 2.75) is 26.1 Å². The third-order valence-electron chi connectivity index (χ3n) is 6.00. The Bertz CT molecular complexity index is 1380. The molecular weight excluding hydrogens is 482 g/mol. The number of halogens is 2. The van der Waals surface area contributed by atoms with Gasteiger partial charge in [-0.15, -0.1) is 0 Å². The number of nitrogens with zero attached hydrogens (tertiary/aromatic N) is 3. The van der Waals surface area contributed by atoms with Gasteiger partial charge in [0.15, 0.2) is 5.84 Å². The van der Waals surface area contributed by atoms with Crippen molar-refractivity contribution < 1.29 is 23.5 Å². The molecule has 1 atom stereocenters. The van der Waals surface area contributed by atoms with E-state index in [2.05, 4.69) is 10.3 Å². The van der Waals surface area contributed by atoms with Gasteiger partial charge in [-0.25, -0.2) is 13.8 Å². The second-order valence-electron chi connectivity index (χ2n) is 8.55. The number of anilines is 1. The van der Waals surface area contributed by atoms with Crippen molar-refractivity contribution in [3.63, 3.8) is 0 Å². The number of carbonyl (C=O) groups is 2. The van der Waals surface area contributed by atoms with E-state index >= 15 is 0 Å². The van der Waals surface area contributed by atoms with Crippen LogP contribution in [-0.4, -0.2) is 56.5 Å². The first-order valence-electron chi connectivity index (χ1n) is 11.3. The van der Waals surface area contributed by atoms with Crippen molar-refractivity contribution in [3.8, 4) is 0 Å². The van der Waals surface area contributed by atoms with Crippen molar-refractivity contribution in [1.82, 2.24) is 14.8 Å². The van der Waals surface area contributed by atoms with Gasteiger partial charge in [0.05, 0.1) is 24.6 Å². The molecule has 0 bridgehead atoms. The predicted octanol–water partition coefficient (Wildman–Crippen LogP) is 3.38. The fourth-order valence-corrected chi connectivity index (χ4v) is 3.97. The van der Waals surface area contributed by atoms with E-state index in [9.17, 15) is 23.5 Å². The van der Waals surface area contributed by atoms with Crippen LogP contribution in [0.4, 0.5) is 14.6 Å². The molecule has 0 aliphatic carbocycles. The Balaban J connectivity index is 1.50. The molecule has 2 heterocycles. The first kappa shape index (κ1) is 25.6. The van der Waals surface area contributed by atoms with Gasteiger partial charge in [-0.05, 0) is 66.6 Å². The molecule has 1 aliphatic rings. The Morgan fingerprint density at radius 1 is 1.16 bits per heavy atom. The molecule has 4 rings (SSSR count). The molecule has 3 aromatic rings. The summed E-state index contributed by atoms with van der Waals surface area (Å²) in [6.07, 6.45) is 0.903. The van der Waals surface area contributed by atoms with Crippen LogP contribution in [0.15, 0.2) is 54.6 Å². The Kier molecular flexibility index (Phi) is 7.35. The fraction of sp³-hybridized carbons (Fsp3) is 0.192. The Morgan fingerprint density at radius 3 is 2.49 bits per heavy atom. The van der Waals surface area contributed by atoms with Crippen molar-refractivity contribution >= 4 is 29.8 Å². The molecule has 37 heavy (non-hydrogen) atoms. The summed E-state index contributed by atoms with van der Waals surface area (Å²) in [7, 11) is 0. The average molecular weight is 507 g/mol. The number of aliphatic hydroxyl groups excluding tert-OH is 1. The largest absolute Gasteiger partial charge is 0.394 e. The quantitative estimate of drug-likeness (QED) is 0.288.